The van der Waals surface area contributed by atoms with Crippen LogP contribution in [0.25, 0.3) is 0 Å². The maximum Gasteiger partial charge on any atom is 0.355 e. The van der Waals surface area contributed by atoms with Crippen LogP contribution in [0.1, 0.15) is 28.9 Å². The zero-order valence-electron chi connectivity index (χ0n) is 18.1. The van der Waals surface area contributed by atoms with Crippen molar-refractivity contribution in [2.75, 3.05) is 26.1 Å². The van der Waals surface area contributed by atoms with Crippen LogP contribution < -0.4 is 14.8 Å². The summed E-state index contributed by atoms with van der Waals surface area (Å²) in [4.78, 5) is 26.5. The van der Waals surface area contributed by atoms with Crippen molar-refractivity contribution in [1.29, 1.82) is 0 Å². The largest absolute Gasteiger partial charge is 0.504 e. The van der Waals surface area contributed by atoms with Gasteiger partial charge in [-0.2, -0.15) is 4.68 Å². The Kier molecular flexibility index (Phi) is 5.94. The van der Waals surface area contributed by atoms with E-state index in [2.05, 4.69) is 20.8 Å². The van der Waals surface area contributed by atoms with Gasteiger partial charge in [0.2, 0.25) is 5.95 Å². The second kappa shape index (κ2) is 8.99. The highest BCUT2D eigenvalue weighted by molar-refractivity contribution is 6.15. The van der Waals surface area contributed by atoms with Crippen molar-refractivity contribution in [1.82, 2.24) is 20.2 Å². The van der Waals surface area contributed by atoms with Gasteiger partial charge in [0.15, 0.2) is 17.3 Å². The number of esters is 1. The van der Waals surface area contributed by atoms with Crippen molar-refractivity contribution < 1.29 is 28.9 Å². The first-order valence-electron chi connectivity index (χ1n) is 10.00. The summed E-state index contributed by atoms with van der Waals surface area (Å²) in [6.45, 7) is 2.10. The molecule has 11 nitrogen and oxygen atoms in total. The van der Waals surface area contributed by atoms with Crippen molar-refractivity contribution in [3.63, 3.8) is 0 Å². The molecular weight excluding hydrogens is 430 g/mol. The second-order valence-electron chi connectivity index (χ2n) is 6.98. The van der Waals surface area contributed by atoms with Crippen LogP contribution in [0.15, 0.2) is 53.7 Å². The van der Waals surface area contributed by atoms with Crippen LogP contribution in [0.3, 0.4) is 0 Å². The molecule has 2 N–H and O–H groups in total. The first kappa shape index (κ1) is 21.8. The fourth-order valence-corrected chi connectivity index (χ4v) is 3.59. The molecule has 33 heavy (non-hydrogen) atoms. The van der Waals surface area contributed by atoms with Crippen molar-refractivity contribution >= 4 is 17.7 Å². The highest BCUT2D eigenvalue weighted by atomic mass is 16.5. The lowest BCUT2D eigenvalue weighted by Gasteiger charge is -2.28. The number of aromatic hydroxyl groups is 1. The SMILES string of the molecule is CCOc1cc([C@H]2C(C(=O)c3cccc(OC)c3)=C(C(=O)OC)Nc3nnnn32)ccc1O. The normalized spacial score (nSPS) is 14.8. The van der Waals surface area contributed by atoms with Crippen LogP contribution in [0.5, 0.6) is 17.2 Å². The van der Waals surface area contributed by atoms with E-state index in [1.807, 2.05) is 0 Å². The van der Waals surface area contributed by atoms with E-state index in [0.717, 1.165) is 0 Å². The summed E-state index contributed by atoms with van der Waals surface area (Å²) in [7, 11) is 2.71. The number of hydrogen-bond acceptors (Lipinski definition) is 10. The maximum atomic E-state index is 13.8. The minimum atomic E-state index is -0.913. The van der Waals surface area contributed by atoms with E-state index in [1.54, 1.807) is 43.3 Å². The summed E-state index contributed by atoms with van der Waals surface area (Å²) < 4.78 is 17.1. The zero-order chi connectivity index (χ0) is 23.5. The number of Topliss-reactive ketones (excluding diaryl/α,β-unsaturated/α-hetero) is 1. The van der Waals surface area contributed by atoms with Gasteiger partial charge >= 0.3 is 5.97 Å². The molecule has 0 spiro atoms. The molecule has 1 atom stereocenters. The number of aromatic nitrogens is 4. The number of ether oxygens (including phenoxy) is 3. The Hall–Kier alpha value is -4.41. The van der Waals surface area contributed by atoms with Gasteiger partial charge in [-0.15, -0.1) is 0 Å². The summed E-state index contributed by atoms with van der Waals surface area (Å²) in [5.74, 6) is -0.440. The van der Waals surface area contributed by atoms with E-state index in [4.69, 9.17) is 14.2 Å². The van der Waals surface area contributed by atoms with E-state index in [-0.39, 0.29) is 34.3 Å². The van der Waals surface area contributed by atoms with Crippen molar-refractivity contribution in [3.05, 3.63) is 64.9 Å². The quantitative estimate of drug-likeness (QED) is 0.406. The highest BCUT2D eigenvalue weighted by Gasteiger charge is 2.39. The number of nitrogens with one attached hydrogen (secondary N) is 1. The molecule has 0 bridgehead atoms. The lowest BCUT2D eigenvalue weighted by molar-refractivity contribution is -0.136. The lowest BCUT2D eigenvalue weighted by Crippen LogP contribution is -2.33. The second-order valence-corrected chi connectivity index (χ2v) is 6.98. The number of phenolic OH excluding ortho intramolecular Hbond substituents is 1. The Morgan fingerprint density at radius 3 is 2.73 bits per heavy atom. The molecule has 0 amide bonds. The molecule has 170 valence electrons. The molecule has 4 rings (SSSR count). The molecule has 1 aliphatic rings. The Balaban J connectivity index is 1.95. The van der Waals surface area contributed by atoms with E-state index in [9.17, 15) is 14.7 Å². The minimum absolute atomic E-state index is 0.0584. The number of ketones is 1. The number of nitrogens with zero attached hydrogens (tertiary/aromatic N) is 4. The monoisotopic (exact) mass is 451 g/mol. The van der Waals surface area contributed by atoms with Crippen molar-refractivity contribution in [2.45, 2.75) is 13.0 Å². The van der Waals surface area contributed by atoms with Gasteiger partial charge in [0.05, 0.1) is 26.4 Å². The fraction of sp³-hybridized carbons (Fsp3) is 0.227. The summed E-state index contributed by atoms with van der Waals surface area (Å²) in [5.41, 5.74) is 0.767. The van der Waals surface area contributed by atoms with Crippen molar-refractivity contribution in [3.8, 4) is 17.2 Å². The van der Waals surface area contributed by atoms with Crippen LogP contribution in [0, 0.1) is 0 Å². The number of carbonyl (C=O) groups is 2. The molecular formula is C22H21N5O6. The average Bonchev–Trinajstić information content (AvgIpc) is 3.32. The summed E-state index contributed by atoms with van der Waals surface area (Å²) in [5, 5.41) is 24.6. The zero-order valence-corrected chi connectivity index (χ0v) is 18.1. The Morgan fingerprint density at radius 1 is 1.18 bits per heavy atom. The third-order valence-corrected chi connectivity index (χ3v) is 5.08. The van der Waals surface area contributed by atoms with Crippen LogP contribution >= 0.6 is 0 Å². The molecule has 1 aliphatic heterocycles. The maximum absolute atomic E-state index is 13.8. The molecule has 0 unspecified atom stereocenters. The van der Waals surface area contributed by atoms with E-state index >= 15 is 0 Å². The molecule has 1 aromatic heterocycles. The van der Waals surface area contributed by atoms with Gasteiger partial charge in [0.1, 0.15) is 17.5 Å². The third kappa shape index (κ3) is 3.95. The van der Waals surface area contributed by atoms with E-state index in [0.29, 0.717) is 17.9 Å². The first-order chi connectivity index (χ1) is 16.0. The van der Waals surface area contributed by atoms with Crippen LogP contribution in [-0.2, 0) is 9.53 Å². The number of methoxy groups -OCH3 is 2. The van der Waals surface area contributed by atoms with E-state index in [1.165, 1.54) is 25.0 Å². The first-order valence-corrected chi connectivity index (χ1v) is 10.00. The van der Waals surface area contributed by atoms with Gasteiger partial charge in [-0.05, 0) is 47.2 Å². The topological polar surface area (TPSA) is 138 Å². The smallest absolute Gasteiger partial charge is 0.355 e. The number of phenols is 1. The van der Waals surface area contributed by atoms with Crippen LogP contribution in [0.4, 0.5) is 5.95 Å². The predicted molar refractivity (Wildman–Crippen MR) is 115 cm³/mol. The van der Waals surface area contributed by atoms with Gasteiger partial charge in [0.25, 0.3) is 0 Å². The average molecular weight is 451 g/mol. The Labute approximate surface area is 188 Å². The van der Waals surface area contributed by atoms with Gasteiger partial charge in [0, 0.05) is 5.56 Å². The number of anilines is 1. The number of rotatable bonds is 7. The van der Waals surface area contributed by atoms with Gasteiger partial charge in [-0.25, -0.2) is 4.79 Å². The molecule has 0 saturated heterocycles. The summed E-state index contributed by atoms with van der Waals surface area (Å²) >= 11 is 0. The summed E-state index contributed by atoms with van der Waals surface area (Å²) in [6.07, 6.45) is 0. The molecule has 11 heteroatoms. The number of benzene rings is 2. The number of hydrogen-bond donors (Lipinski definition) is 2. The predicted octanol–water partition coefficient (Wildman–Crippen LogP) is 2.11. The van der Waals surface area contributed by atoms with Gasteiger partial charge < -0.3 is 24.6 Å². The lowest BCUT2D eigenvalue weighted by atomic mass is 9.89. The highest BCUT2D eigenvalue weighted by Crippen LogP contribution is 2.39. The number of allylic oxidation sites excluding steroid dienone is 1. The van der Waals surface area contributed by atoms with Gasteiger partial charge in [-0.3, -0.25) is 4.79 Å². The molecule has 0 radical (unpaired) electrons. The fourth-order valence-electron chi connectivity index (χ4n) is 3.59. The number of fused-ring (bicyclic) bond motifs is 1. The summed E-state index contributed by atoms with van der Waals surface area (Å²) in [6, 6.07) is 10.3. The van der Waals surface area contributed by atoms with Crippen LogP contribution in [-0.4, -0.2) is 57.9 Å². The molecule has 2 aromatic carbocycles. The minimum Gasteiger partial charge on any atom is -0.504 e. The molecule has 0 saturated carbocycles. The molecule has 3 aromatic rings. The third-order valence-electron chi connectivity index (χ3n) is 5.08. The number of tetrazole rings is 1. The molecule has 0 fully saturated rings. The van der Waals surface area contributed by atoms with Gasteiger partial charge in [-0.1, -0.05) is 23.3 Å². The molecule has 0 aliphatic carbocycles. The Morgan fingerprint density at radius 2 is 2.00 bits per heavy atom. The van der Waals surface area contributed by atoms with Crippen molar-refractivity contribution in [2.24, 2.45) is 0 Å². The van der Waals surface area contributed by atoms with E-state index < -0.39 is 17.8 Å². The van der Waals surface area contributed by atoms with Crippen LogP contribution in [0.2, 0.25) is 0 Å². The Bertz CT molecular complexity index is 1250. The number of carbonyl (C=O) groups excluding carboxylic acids is 2. The molecule has 2 heterocycles. The standard InChI is InChI=1S/C22H21N5O6/c1-4-33-16-11-12(8-9-15(16)28)19-17(20(29)13-6-5-7-14(10-13)31-2)18(21(30)32-3)23-22-24-25-26-27(19)22/h5-11,19,28H,4H2,1-3H3,(H,23,24,26)/t19-/m0/s1.